The number of nitriles is 1. The van der Waals surface area contributed by atoms with Gasteiger partial charge in [-0.15, -0.1) is 0 Å². The van der Waals surface area contributed by atoms with Gasteiger partial charge in [-0.1, -0.05) is 0 Å². The molecule has 1 fully saturated rings. The van der Waals surface area contributed by atoms with Crippen LogP contribution in [0.15, 0.2) is 0 Å². The zero-order valence-electron chi connectivity index (χ0n) is 10.9. The summed E-state index contributed by atoms with van der Waals surface area (Å²) in [6.07, 6.45) is 3.11. The van der Waals surface area contributed by atoms with Gasteiger partial charge in [-0.25, -0.2) is 13.1 Å². The van der Waals surface area contributed by atoms with E-state index < -0.39 is 21.0 Å². The summed E-state index contributed by atoms with van der Waals surface area (Å²) < 4.78 is 24.7. The molecule has 102 valence electrons. The van der Waals surface area contributed by atoms with Gasteiger partial charge < -0.3 is 5.32 Å². The fourth-order valence-corrected chi connectivity index (χ4v) is 3.00. The summed E-state index contributed by atoms with van der Waals surface area (Å²) in [5.41, 5.74) is -1.68. The van der Waals surface area contributed by atoms with Gasteiger partial charge in [-0.2, -0.15) is 5.26 Å². The molecule has 6 nitrogen and oxygen atoms in total. The van der Waals surface area contributed by atoms with Crippen molar-refractivity contribution >= 4 is 15.9 Å². The van der Waals surface area contributed by atoms with Gasteiger partial charge in [0, 0.05) is 12.1 Å². The monoisotopic (exact) mass is 273 g/mol. The maximum Gasteiger partial charge on any atom is 0.240 e. The number of carbonyl (C=O) groups excluding carboxylic acids is 1. The average molecular weight is 273 g/mol. The van der Waals surface area contributed by atoms with Crippen molar-refractivity contribution in [2.45, 2.75) is 38.6 Å². The molecular weight excluding hydrogens is 254 g/mol. The Labute approximate surface area is 108 Å². The number of carbonyl (C=O) groups is 1. The maximum absolute atomic E-state index is 11.9. The number of hydrogen-bond acceptors (Lipinski definition) is 4. The molecule has 1 rings (SSSR count). The van der Waals surface area contributed by atoms with Crippen molar-refractivity contribution in [2.24, 2.45) is 5.41 Å². The van der Waals surface area contributed by atoms with Crippen LogP contribution in [0.4, 0.5) is 0 Å². The van der Waals surface area contributed by atoms with Crippen LogP contribution in [0.3, 0.4) is 0 Å². The van der Waals surface area contributed by atoms with Crippen LogP contribution >= 0.6 is 0 Å². The Morgan fingerprint density at radius 1 is 1.44 bits per heavy atom. The van der Waals surface area contributed by atoms with Crippen molar-refractivity contribution in [3.05, 3.63) is 0 Å². The lowest BCUT2D eigenvalue weighted by Gasteiger charge is -2.35. The molecule has 0 bridgehead atoms. The van der Waals surface area contributed by atoms with Gasteiger partial charge in [-0.05, 0) is 33.1 Å². The van der Waals surface area contributed by atoms with Crippen molar-refractivity contribution in [1.29, 1.82) is 5.26 Å². The minimum atomic E-state index is -3.33. The smallest absolute Gasteiger partial charge is 0.240 e. The standard InChI is InChI=1S/C11H19N3O3S/c1-10(2,14-18(3,16)17)8-13-9(15)11(7-12)5-4-6-11/h14H,4-6,8H2,1-3H3,(H,13,15). The molecule has 0 heterocycles. The van der Waals surface area contributed by atoms with E-state index in [1.165, 1.54) is 0 Å². The molecular formula is C11H19N3O3S. The topological polar surface area (TPSA) is 99.1 Å². The van der Waals surface area contributed by atoms with Crippen LogP contribution < -0.4 is 10.0 Å². The summed E-state index contributed by atoms with van der Waals surface area (Å²) >= 11 is 0. The van der Waals surface area contributed by atoms with Crippen LogP contribution in [0.1, 0.15) is 33.1 Å². The highest BCUT2D eigenvalue weighted by atomic mass is 32.2. The Bertz CT molecular complexity index is 472. The van der Waals surface area contributed by atoms with Crippen LogP contribution in [0, 0.1) is 16.7 Å². The molecule has 0 aromatic rings. The Morgan fingerprint density at radius 2 is 2.00 bits per heavy atom. The zero-order chi connectivity index (χ0) is 14.0. The molecule has 1 saturated carbocycles. The Balaban J connectivity index is 2.55. The highest BCUT2D eigenvalue weighted by Gasteiger charge is 2.44. The highest BCUT2D eigenvalue weighted by Crippen LogP contribution is 2.40. The van der Waals surface area contributed by atoms with Gasteiger partial charge in [0.25, 0.3) is 0 Å². The molecule has 0 spiro atoms. The lowest BCUT2D eigenvalue weighted by atomic mass is 9.69. The Hall–Kier alpha value is -1.13. The maximum atomic E-state index is 11.9. The highest BCUT2D eigenvalue weighted by molar-refractivity contribution is 7.88. The molecule has 7 heteroatoms. The lowest BCUT2D eigenvalue weighted by Crippen LogP contribution is -2.54. The minimum absolute atomic E-state index is 0.155. The number of nitrogens with zero attached hydrogens (tertiary/aromatic N) is 1. The first-order valence-electron chi connectivity index (χ1n) is 5.79. The summed E-state index contributed by atoms with van der Waals surface area (Å²) in [5.74, 6) is -0.306. The summed E-state index contributed by atoms with van der Waals surface area (Å²) in [6.45, 7) is 3.50. The van der Waals surface area contributed by atoms with E-state index in [4.69, 9.17) is 5.26 Å². The average Bonchev–Trinajstić information content (AvgIpc) is 2.10. The van der Waals surface area contributed by atoms with Crippen LogP contribution in [-0.2, 0) is 14.8 Å². The molecule has 0 atom stereocenters. The molecule has 0 unspecified atom stereocenters. The van der Waals surface area contributed by atoms with Gasteiger partial charge in [-0.3, -0.25) is 4.79 Å². The van der Waals surface area contributed by atoms with Crippen molar-refractivity contribution in [3.8, 4) is 6.07 Å². The van der Waals surface area contributed by atoms with Crippen molar-refractivity contribution in [1.82, 2.24) is 10.0 Å². The number of amides is 1. The summed E-state index contributed by atoms with van der Waals surface area (Å²) in [6, 6.07) is 2.05. The predicted molar refractivity (Wildman–Crippen MR) is 67.0 cm³/mol. The summed E-state index contributed by atoms with van der Waals surface area (Å²) in [4.78, 5) is 11.9. The third-order valence-corrected chi connectivity index (χ3v) is 3.93. The second-order valence-corrected chi connectivity index (χ2v) is 7.24. The summed E-state index contributed by atoms with van der Waals surface area (Å²) in [7, 11) is -3.33. The quantitative estimate of drug-likeness (QED) is 0.743. The minimum Gasteiger partial charge on any atom is -0.353 e. The van der Waals surface area contributed by atoms with Crippen molar-refractivity contribution < 1.29 is 13.2 Å². The van der Waals surface area contributed by atoms with Crippen LogP contribution in [0.2, 0.25) is 0 Å². The van der Waals surface area contributed by atoms with Gasteiger partial charge >= 0.3 is 0 Å². The Morgan fingerprint density at radius 3 is 2.33 bits per heavy atom. The van der Waals surface area contributed by atoms with E-state index >= 15 is 0 Å². The van der Waals surface area contributed by atoms with Gasteiger partial charge in [0.2, 0.25) is 15.9 Å². The third kappa shape index (κ3) is 3.68. The van der Waals surface area contributed by atoms with Gasteiger partial charge in [0.05, 0.1) is 12.3 Å². The van der Waals surface area contributed by atoms with E-state index in [1.807, 2.05) is 6.07 Å². The first kappa shape index (κ1) is 14.9. The zero-order valence-corrected chi connectivity index (χ0v) is 11.7. The molecule has 1 amide bonds. The van der Waals surface area contributed by atoms with Gasteiger partial charge in [0.1, 0.15) is 5.41 Å². The number of rotatable bonds is 5. The van der Waals surface area contributed by atoms with E-state index in [0.717, 1.165) is 12.7 Å². The van der Waals surface area contributed by atoms with E-state index in [9.17, 15) is 13.2 Å². The van der Waals surface area contributed by atoms with E-state index in [1.54, 1.807) is 13.8 Å². The molecule has 0 saturated heterocycles. The Kier molecular flexibility index (Phi) is 4.03. The fourth-order valence-electron chi connectivity index (χ4n) is 1.93. The number of nitrogens with one attached hydrogen (secondary N) is 2. The normalized spacial score (nSPS) is 18.6. The molecule has 2 N–H and O–H groups in total. The third-order valence-electron chi connectivity index (χ3n) is 3.01. The number of hydrogen-bond donors (Lipinski definition) is 2. The first-order chi connectivity index (χ1) is 8.10. The van der Waals surface area contributed by atoms with Crippen molar-refractivity contribution in [3.63, 3.8) is 0 Å². The first-order valence-corrected chi connectivity index (χ1v) is 7.68. The van der Waals surface area contributed by atoms with Crippen LogP contribution in [-0.4, -0.2) is 32.7 Å². The fraction of sp³-hybridized carbons (Fsp3) is 0.818. The molecule has 0 aromatic heterocycles. The van der Waals surface area contributed by atoms with E-state index in [-0.39, 0.29) is 12.5 Å². The second kappa shape index (κ2) is 4.86. The molecule has 1 aliphatic carbocycles. The molecule has 0 aromatic carbocycles. The molecule has 0 aliphatic heterocycles. The molecule has 0 radical (unpaired) electrons. The molecule has 1 aliphatic rings. The summed E-state index contributed by atoms with van der Waals surface area (Å²) in [5, 5.41) is 11.7. The number of sulfonamides is 1. The van der Waals surface area contributed by atoms with Crippen molar-refractivity contribution in [2.75, 3.05) is 12.8 Å². The van der Waals surface area contributed by atoms with Gasteiger partial charge in [0.15, 0.2) is 0 Å². The lowest BCUT2D eigenvalue weighted by molar-refractivity contribution is -0.132. The van der Waals surface area contributed by atoms with Crippen LogP contribution in [0.5, 0.6) is 0 Å². The van der Waals surface area contributed by atoms with E-state index in [2.05, 4.69) is 10.0 Å². The second-order valence-electron chi connectivity index (χ2n) is 5.49. The molecule has 18 heavy (non-hydrogen) atoms. The SMILES string of the molecule is CC(C)(CNC(=O)C1(C#N)CCC1)NS(C)(=O)=O. The largest absolute Gasteiger partial charge is 0.353 e. The van der Waals surface area contributed by atoms with E-state index in [0.29, 0.717) is 12.8 Å². The predicted octanol–water partition coefficient (Wildman–Crippen LogP) is 0.124. The van der Waals surface area contributed by atoms with Crippen LogP contribution in [0.25, 0.3) is 0 Å².